The van der Waals surface area contributed by atoms with Crippen molar-refractivity contribution in [2.75, 3.05) is 20.0 Å². The maximum Gasteiger partial charge on any atom is 0.170 e. The zero-order chi connectivity index (χ0) is 24.7. The lowest BCUT2D eigenvalue weighted by atomic mass is 9.89. The van der Waals surface area contributed by atoms with Gasteiger partial charge in [-0.05, 0) is 65.2 Å². The Bertz CT molecular complexity index is 1170. The number of hydrogen-bond donors (Lipinski definition) is 3. The number of aromatic hydroxyl groups is 2. The van der Waals surface area contributed by atoms with Crippen LogP contribution >= 0.6 is 0 Å². The van der Waals surface area contributed by atoms with Gasteiger partial charge in [-0.25, -0.2) is 0 Å². The minimum atomic E-state index is -1.08. The highest BCUT2D eigenvalue weighted by atomic mass is 16.5. The van der Waals surface area contributed by atoms with Crippen molar-refractivity contribution in [3.05, 3.63) is 89.5 Å². The standard InChI is InChI=1S/C27H25NO6/c1-33-25-15-17(3-11-21(25)29)5-13-23(31)27(19-7-9-20(28)10-8-19)24(32)14-6-18-4-12-22(30)26(16-18)34-2/h3-16,27,29-30H,28H2,1-2H3/b13-5+,14-6+. The molecule has 3 aromatic rings. The summed E-state index contributed by atoms with van der Waals surface area (Å²) >= 11 is 0. The van der Waals surface area contributed by atoms with E-state index < -0.39 is 17.5 Å². The number of methoxy groups -OCH3 is 2. The number of phenolic OH excluding ortho intramolecular Hbond substituents is 2. The first kappa shape index (κ1) is 24.1. The van der Waals surface area contributed by atoms with Gasteiger partial charge in [0.25, 0.3) is 0 Å². The summed E-state index contributed by atoms with van der Waals surface area (Å²) in [5, 5.41) is 19.5. The van der Waals surface area contributed by atoms with E-state index in [9.17, 15) is 19.8 Å². The molecule has 3 rings (SSSR count). The van der Waals surface area contributed by atoms with Gasteiger partial charge in [-0.1, -0.05) is 36.4 Å². The van der Waals surface area contributed by atoms with Crippen molar-refractivity contribution in [3.8, 4) is 23.0 Å². The number of carbonyl (C=O) groups is 2. The van der Waals surface area contributed by atoms with E-state index in [0.717, 1.165) is 0 Å². The Hall–Kier alpha value is -4.52. The predicted molar refractivity (Wildman–Crippen MR) is 131 cm³/mol. The number of rotatable bonds is 9. The second-order valence-electron chi connectivity index (χ2n) is 7.43. The van der Waals surface area contributed by atoms with Gasteiger partial charge in [-0.3, -0.25) is 9.59 Å². The lowest BCUT2D eigenvalue weighted by Crippen LogP contribution is -2.19. The second kappa shape index (κ2) is 10.9. The quantitative estimate of drug-likeness (QED) is 0.247. The lowest BCUT2D eigenvalue weighted by Gasteiger charge is -2.12. The Labute approximate surface area is 197 Å². The molecule has 3 aromatic carbocycles. The number of anilines is 1. The van der Waals surface area contributed by atoms with E-state index in [1.807, 2.05) is 0 Å². The van der Waals surface area contributed by atoms with Gasteiger partial charge in [0.1, 0.15) is 5.92 Å². The fourth-order valence-corrected chi connectivity index (χ4v) is 3.30. The van der Waals surface area contributed by atoms with Crippen molar-refractivity contribution in [2.45, 2.75) is 5.92 Å². The summed E-state index contributed by atoms with van der Waals surface area (Å²) in [4.78, 5) is 26.2. The minimum Gasteiger partial charge on any atom is -0.504 e. The van der Waals surface area contributed by atoms with Crippen LogP contribution in [0.1, 0.15) is 22.6 Å². The number of hydrogen-bond acceptors (Lipinski definition) is 7. The summed E-state index contributed by atoms with van der Waals surface area (Å²) in [5.41, 5.74) is 8.03. The molecule has 0 heterocycles. The van der Waals surface area contributed by atoms with E-state index in [1.54, 1.807) is 60.7 Å². The molecule has 0 aliphatic rings. The molecule has 0 saturated heterocycles. The first-order valence-electron chi connectivity index (χ1n) is 10.4. The Balaban J connectivity index is 1.89. The molecule has 0 saturated carbocycles. The molecule has 4 N–H and O–H groups in total. The van der Waals surface area contributed by atoms with Gasteiger partial charge < -0.3 is 25.4 Å². The van der Waals surface area contributed by atoms with Crippen LogP contribution in [0.2, 0.25) is 0 Å². The van der Waals surface area contributed by atoms with E-state index >= 15 is 0 Å². The van der Waals surface area contributed by atoms with E-state index in [1.165, 1.54) is 38.5 Å². The first-order valence-corrected chi connectivity index (χ1v) is 10.4. The number of phenols is 2. The smallest absolute Gasteiger partial charge is 0.170 e. The predicted octanol–water partition coefficient (Wildman–Crippen LogP) is 4.35. The second-order valence-corrected chi connectivity index (χ2v) is 7.43. The van der Waals surface area contributed by atoms with Gasteiger partial charge in [0, 0.05) is 5.69 Å². The highest BCUT2D eigenvalue weighted by molar-refractivity contribution is 6.17. The highest BCUT2D eigenvalue weighted by Crippen LogP contribution is 2.29. The molecule has 0 radical (unpaired) electrons. The van der Waals surface area contributed by atoms with Crippen LogP contribution in [-0.2, 0) is 9.59 Å². The fourth-order valence-electron chi connectivity index (χ4n) is 3.30. The fraction of sp³-hybridized carbons (Fsp3) is 0.111. The van der Waals surface area contributed by atoms with E-state index in [2.05, 4.69) is 0 Å². The average molecular weight is 459 g/mol. The Morgan fingerprint density at radius 1 is 0.765 bits per heavy atom. The molecule has 0 spiro atoms. The molecule has 0 unspecified atom stereocenters. The van der Waals surface area contributed by atoms with Crippen molar-refractivity contribution in [1.29, 1.82) is 0 Å². The normalized spacial score (nSPS) is 11.3. The molecule has 7 heteroatoms. The third kappa shape index (κ3) is 5.83. The van der Waals surface area contributed by atoms with Crippen molar-refractivity contribution in [3.63, 3.8) is 0 Å². The Morgan fingerprint density at radius 2 is 1.21 bits per heavy atom. The summed E-state index contributed by atoms with van der Waals surface area (Å²) in [5.74, 6) is -1.41. The third-order valence-corrected chi connectivity index (χ3v) is 5.13. The molecule has 0 atom stereocenters. The van der Waals surface area contributed by atoms with Crippen molar-refractivity contribution in [1.82, 2.24) is 0 Å². The van der Waals surface area contributed by atoms with Crippen LogP contribution in [0.25, 0.3) is 12.2 Å². The van der Waals surface area contributed by atoms with E-state index in [0.29, 0.717) is 22.4 Å². The van der Waals surface area contributed by atoms with Crippen LogP contribution < -0.4 is 15.2 Å². The topological polar surface area (TPSA) is 119 Å². The van der Waals surface area contributed by atoms with Crippen LogP contribution in [0.15, 0.2) is 72.8 Å². The number of benzene rings is 3. The third-order valence-electron chi connectivity index (χ3n) is 5.13. The number of nitrogens with two attached hydrogens (primary N) is 1. The summed E-state index contributed by atoms with van der Waals surface area (Å²) in [6, 6.07) is 15.9. The largest absolute Gasteiger partial charge is 0.504 e. The Morgan fingerprint density at radius 3 is 1.62 bits per heavy atom. The molecule has 0 fully saturated rings. The van der Waals surface area contributed by atoms with Crippen LogP contribution in [0.4, 0.5) is 5.69 Å². The van der Waals surface area contributed by atoms with Gasteiger partial charge in [0.05, 0.1) is 14.2 Å². The van der Waals surface area contributed by atoms with Crippen LogP contribution in [-0.4, -0.2) is 36.0 Å². The number of allylic oxidation sites excluding steroid dienone is 2. The van der Waals surface area contributed by atoms with Gasteiger partial charge in [-0.2, -0.15) is 0 Å². The summed E-state index contributed by atoms with van der Waals surface area (Å²) in [6.45, 7) is 0. The molecule has 0 bridgehead atoms. The van der Waals surface area contributed by atoms with Gasteiger partial charge in [0.15, 0.2) is 34.6 Å². The number of ether oxygens (including phenoxy) is 2. The Kier molecular flexibility index (Phi) is 7.71. The van der Waals surface area contributed by atoms with E-state index in [4.69, 9.17) is 15.2 Å². The van der Waals surface area contributed by atoms with Gasteiger partial charge in [0.2, 0.25) is 0 Å². The van der Waals surface area contributed by atoms with Crippen LogP contribution in [0, 0.1) is 0 Å². The molecule has 34 heavy (non-hydrogen) atoms. The molecule has 0 amide bonds. The SMILES string of the molecule is COc1cc(/C=C/C(=O)C(C(=O)/C=C/c2ccc(O)c(OC)c2)c2ccc(N)cc2)ccc1O. The maximum absolute atomic E-state index is 13.1. The minimum absolute atomic E-state index is 0.0168. The van der Waals surface area contributed by atoms with Crippen LogP contribution in [0.5, 0.6) is 23.0 Å². The monoisotopic (exact) mass is 459 g/mol. The lowest BCUT2D eigenvalue weighted by molar-refractivity contribution is -0.124. The number of nitrogen functional groups attached to an aromatic ring is 1. The number of ketones is 2. The molecule has 0 aliphatic heterocycles. The molecule has 174 valence electrons. The summed E-state index contributed by atoms with van der Waals surface area (Å²) < 4.78 is 10.2. The highest BCUT2D eigenvalue weighted by Gasteiger charge is 2.25. The summed E-state index contributed by atoms with van der Waals surface area (Å²) in [6.07, 6.45) is 5.75. The zero-order valence-corrected chi connectivity index (χ0v) is 18.8. The molecule has 0 aromatic heterocycles. The van der Waals surface area contributed by atoms with Crippen molar-refractivity contribution >= 4 is 29.4 Å². The maximum atomic E-state index is 13.1. The average Bonchev–Trinajstić information content (AvgIpc) is 2.84. The first-order chi connectivity index (χ1) is 16.3. The molecule has 0 aliphatic carbocycles. The molecular weight excluding hydrogens is 434 g/mol. The number of carbonyl (C=O) groups excluding carboxylic acids is 2. The zero-order valence-electron chi connectivity index (χ0n) is 18.8. The molecule has 7 nitrogen and oxygen atoms in total. The molecular formula is C27H25NO6. The van der Waals surface area contributed by atoms with Crippen LogP contribution in [0.3, 0.4) is 0 Å². The van der Waals surface area contributed by atoms with E-state index in [-0.39, 0.29) is 23.0 Å². The van der Waals surface area contributed by atoms with Gasteiger partial charge >= 0.3 is 0 Å². The van der Waals surface area contributed by atoms with Gasteiger partial charge in [-0.15, -0.1) is 0 Å². The van der Waals surface area contributed by atoms with Crippen molar-refractivity contribution < 1.29 is 29.3 Å². The van der Waals surface area contributed by atoms with Crippen molar-refractivity contribution in [2.24, 2.45) is 0 Å². The summed E-state index contributed by atoms with van der Waals surface area (Å²) in [7, 11) is 2.86.